The molecule has 5 rings (SSSR count). The van der Waals surface area contributed by atoms with Crippen molar-refractivity contribution in [2.24, 2.45) is 10.8 Å². The number of ether oxygens (including phenoxy) is 3. The number of ketones is 2. The fraction of sp³-hybridized carbons (Fsp3) is 0.500. The van der Waals surface area contributed by atoms with E-state index < -0.39 is 5.92 Å². The van der Waals surface area contributed by atoms with E-state index in [2.05, 4.69) is 38.7 Å². The Labute approximate surface area is 261 Å². The zero-order chi connectivity index (χ0) is 31.1. The zero-order valence-electron chi connectivity index (χ0n) is 26.6. The third-order valence-electron chi connectivity index (χ3n) is 8.80. The lowest BCUT2D eigenvalue weighted by atomic mass is 9.63. The van der Waals surface area contributed by atoms with Crippen LogP contribution in [0.3, 0.4) is 0 Å². The molecule has 0 N–H and O–H groups in total. The number of carbonyl (C=O) groups is 2. The molecule has 2 aromatic rings. The molecule has 2 aliphatic carbocycles. The van der Waals surface area contributed by atoms with E-state index in [0.29, 0.717) is 49.1 Å². The van der Waals surface area contributed by atoms with Gasteiger partial charge in [0.1, 0.15) is 6.61 Å². The molecule has 0 spiro atoms. The Morgan fingerprint density at radius 1 is 0.907 bits per heavy atom. The number of carbonyl (C=O) groups excluding carboxylic acids is 2. The highest BCUT2D eigenvalue weighted by atomic mass is 35.5. The summed E-state index contributed by atoms with van der Waals surface area (Å²) in [5.74, 6) is 0.600. The molecule has 43 heavy (non-hydrogen) atoms. The second-order valence-corrected chi connectivity index (χ2v) is 14.3. The molecule has 0 bridgehead atoms. The zero-order valence-corrected chi connectivity index (χ0v) is 27.3. The minimum atomic E-state index is -0.506. The maximum Gasteiger partial charge on any atom is 0.180 e. The molecule has 0 atom stereocenters. The molecule has 0 saturated carbocycles. The number of nitrogens with zero attached hydrogens (tertiary/aromatic N) is 1. The Hall–Kier alpha value is -3.09. The summed E-state index contributed by atoms with van der Waals surface area (Å²) >= 11 is 6.93. The summed E-state index contributed by atoms with van der Waals surface area (Å²) in [5, 5.41) is 0.390. The van der Waals surface area contributed by atoms with Gasteiger partial charge in [-0.3, -0.25) is 9.59 Å². The van der Waals surface area contributed by atoms with Crippen LogP contribution in [0.15, 0.2) is 58.9 Å². The second kappa shape index (κ2) is 12.1. The van der Waals surface area contributed by atoms with Gasteiger partial charge in [0.15, 0.2) is 23.1 Å². The number of benzene rings is 2. The number of allylic oxidation sites excluding steroid dienone is 4. The summed E-state index contributed by atoms with van der Waals surface area (Å²) in [6.07, 6.45) is 3.17. The average molecular weight is 606 g/mol. The van der Waals surface area contributed by atoms with Gasteiger partial charge in [-0.25, -0.2) is 0 Å². The fourth-order valence-corrected chi connectivity index (χ4v) is 7.30. The maximum absolute atomic E-state index is 14.1. The van der Waals surface area contributed by atoms with Crippen molar-refractivity contribution in [1.82, 2.24) is 4.90 Å². The lowest BCUT2D eigenvalue weighted by Gasteiger charge is -2.49. The number of halogens is 1. The first kappa shape index (κ1) is 31.3. The number of methoxy groups -OCH3 is 2. The predicted molar refractivity (Wildman–Crippen MR) is 170 cm³/mol. The number of Topliss-reactive ketones (excluding diaryl/α,β-unsaturated/α-hetero) is 2. The van der Waals surface area contributed by atoms with Gasteiger partial charge < -0.3 is 19.1 Å². The summed E-state index contributed by atoms with van der Waals surface area (Å²) in [4.78, 5) is 30.4. The number of rotatable bonds is 9. The topological polar surface area (TPSA) is 65.1 Å². The Bertz CT molecular complexity index is 1450. The molecule has 3 aliphatic rings. The smallest absolute Gasteiger partial charge is 0.180 e. The Morgan fingerprint density at radius 2 is 1.53 bits per heavy atom. The Kier molecular flexibility index (Phi) is 8.84. The van der Waals surface area contributed by atoms with E-state index in [9.17, 15) is 9.59 Å². The molecule has 0 unspecified atom stereocenters. The Morgan fingerprint density at radius 3 is 2.09 bits per heavy atom. The van der Waals surface area contributed by atoms with E-state index in [-0.39, 0.29) is 22.4 Å². The molecule has 6 nitrogen and oxygen atoms in total. The Balaban J connectivity index is 1.64. The van der Waals surface area contributed by atoms with Gasteiger partial charge in [0.2, 0.25) is 0 Å². The van der Waals surface area contributed by atoms with Crippen molar-refractivity contribution in [3.63, 3.8) is 0 Å². The lowest BCUT2D eigenvalue weighted by Crippen LogP contribution is -2.44. The van der Waals surface area contributed by atoms with E-state index in [1.165, 1.54) is 0 Å². The quantitative estimate of drug-likeness (QED) is 0.270. The van der Waals surface area contributed by atoms with E-state index in [1.807, 2.05) is 37.3 Å². The van der Waals surface area contributed by atoms with Crippen molar-refractivity contribution in [3.8, 4) is 11.5 Å². The molecule has 230 valence electrons. The normalized spacial score (nSPS) is 19.9. The van der Waals surface area contributed by atoms with Crippen LogP contribution in [-0.4, -0.2) is 43.8 Å². The highest BCUT2D eigenvalue weighted by Crippen LogP contribution is 2.55. The summed E-state index contributed by atoms with van der Waals surface area (Å²) < 4.78 is 17.4. The van der Waals surface area contributed by atoms with E-state index in [4.69, 9.17) is 25.8 Å². The van der Waals surface area contributed by atoms with E-state index in [1.54, 1.807) is 14.2 Å². The van der Waals surface area contributed by atoms with Gasteiger partial charge in [0, 0.05) is 61.6 Å². The van der Waals surface area contributed by atoms with Crippen LogP contribution in [0.25, 0.3) is 0 Å². The van der Waals surface area contributed by atoms with Crippen LogP contribution in [0.2, 0.25) is 5.02 Å². The first-order valence-corrected chi connectivity index (χ1v) is 15.6. The molecule has 0 saturated heterocycles. The molecular formula is C36H44ClNO5. The third kappa shape index (κ3) is 6.41. The molecule has 7 heteroatoms. The van der Waals surface area contributed by atoms with Crippen molar-refractivity contribution < 1.29 is 23.8 Å². The van der Waals surface area contributed by atoms with Crippen LogP contribution in [0.1, 0.15) is 82.4 Å². The van der Waals surface area contributed by atoms with Gasteiger partial charge in [-0.2, -0.15) is 0 Å². The second-order valence-electron chi connectivity index (χ2n) is 13.8. The minimum absolute atomic E-state index is 0.0899. The SMILES string of the molecule is COCCCN1C2=C(C(=O)CC(C)(C)C2)C(c2cc(Cl)c(OCc3cccc(C)c3)c(OC)c2)C2=C1CC(C)(C)CC2=O. The van der Waals surface area contributed by atoms with E-state index >= 15 is 0 Å². The van der Waals surface area contributed by atoms with Gasteiger partial charge in [0.05, 0.1) is 12.1 Å². The summed E-state index contributed by atoms with van der Waals surface area (Å²) in [6.45, 7) is 12.3. The largest absolute Gasteiger partial charge is 0.493 e. The summed E-state index contributed by atoms with van der Waals surface area (Å²) in [7, 11) is 3.29. The van der Waals surface area contributed by atoms with Crippen LogP contribution in [0, 0.1) is 17.8 Å². The van der Waals surface area contributed by atoms with Crippen LogP contribution in [-0.2, 0) is 20.9 Å². The standard InChI is InChI=1S/C36H44ClNO5/c1-22-10-8-11-23(14-22)21-43-34-25(37)15-24(16-30(34)42-7)31-32-26(17-35(2,3)19-28(32)39)38(12-9-13-41-6)27-18-36(4,5)20-29(40)33(27)31/h8,10-11,14-16,31H,9,12-13,17-21H2,1-7H3. The highest BCUT2D eigenvalue weighted by molar-refractivity contribution is 6.32. The van der Waals surface area contributed by atoms with Gasteiger partial charge in [0.25, 0.3) is 0 Å². The minimum Gasteiger partial charge on any atom is -0.493 e. The molecule has 0 radical (unpaired) electrons. The molecular weight excluding hydrogens is 562 g/mol. The fourth-order valence-electron chi connectivity index (χ4n) is 7.02. The monoisotopic (exact) mass is 605 g/mol. The van der Waals surface area contributed by atoms with Gasteiger partial charge in [-0.05, 0) is 60.3 Å². The highest BCUT2D eigenvalue weighted by Gasteiger charge is 2.49. The van der Waals surface area contributed by atoms with Crippen molar-refractivity contribution in [1.29, 1.82) is 0 Å². The molecule has 0 fully saturated rings. The van der Waals surface area contributed by atoms with Crippen molar-refractivity contribution in [3.05, 3.63) is 80.7 Å². The summed E-state index contributed by atoms with van der Waals surface area (Å²) in [6, 6.07) is 11.9. The first-order valence-electron chi connectivity index (χ1n) is 15.2. The van der Waals surface area contributed by atoms with Crippen molar-refractivity contribution >= 4 is 23.2 Å². The summed E-state index contributed by atoms with van der Waals surface area (Å²) in [5.41, 5.74) is 6.08. The molecule has 1 aliphatic heterocycles. The van der Waals surface area contributed by atoms with Crippen molar-refractivity contribution in [2.45, 2.75) is 79.2 Å². The van der Waals surface area contributed by atoms with Crippen LogP contribution in [0.5, 0.6) is 11.5 Å². The number of aryl methyl sites for hydroxylation is 1. The third-order valence-corrected chi connectivity index (χ3v) is 9.08. The van der Waals surface area contributed by atoms with Gasteiger partial charge in [-0.1, -0.05) is 69.1 Å². The number of hydrogen-bond acceptors (Lipinski definition) is 6. The van der Waals surface area contributed by atoms with Gasteiger partial charge in [-0.15, -0.1) is 0 Å². The molecule has 0 aromatic heterocycles. The predicted octanol–water partition coefficient (Wildman–Crippen LogP) is 7.96. The van der Waals surface area contributed by atoms with Crippen LogP contribution >= 0.6 is 11.6 Å². The molecule has 1 heterocycles. The maximum atomic E-state index is 14.1. The number of hydrogen-bond donors (Lipinski definition) is 0. The first-order chi connectivity index (χ1) is 20.3. The van der Waals surface area contributed by atoms with E-state index in [0.717, 1.165) is 58.5 Å². The molecule has 2 aromatic carbocycles. The van der Waals surface area contributed by atoms with Gasteiger partial charge >= 0.3 is 0 Å². The van der Waals surface area contributed by atoms with Crippen LogP contribution < -0.4 is 9.47 Å². The van der Waals surface area contributed by atoms with Crippen molar-refractivity contribution in [2.75, 3.05) is 27.4 Å². The average Bonchev–Trinajstić information content (AvgIpc) is 2.91. The van der Waals surface area contributed by atoms with Crippen LogP contribution in [0.4, 0.5) is 0 Å². The molecule has 0 amide bonds. The lowest BCUT2D eigenvalue weighted by molar-refractivity contribution is -0.119.